The molecule has 0 bridgehead atoms. The molecule has 8 saturated carbocycles. The molecule has 8 aliphatic rings. The maximum absolute atomic E-state index is 13.1. The number of hydrogen-bond acceptors (Lipinski definition) is 2. The summed E-state index contributed by atoms with van der Waals surface area (Å²) in [7, 11) is 0. The van der Waals surface area contributed by atoms with Gasteiger partial charge in [0.25, 0.3) is 0 Å². The molecule has 0 N–H and O–H groups in total. The molecule has 2 nitrogen and oxygen atoms in total. The van der Waals surface area contributed by atoms with Crippen molar-refractivity contribution >= 4 is 12.6 Å². The Balaban J connectivity index is 0.823. The summed E-state index contributed by atoms with van der Waals surface area (Å²) in [5.74, 6) is 10.8. The standard InChI is InChI=1S/C44H70O2/c45-29-43(27-9-13-33-19-21-37-35-15-7-11-31(35)17-23-39(37)41(33)43)25-5-3-1-2-4-6-26-44(30-46)28-10-14-34-20-22-38-36-16-8-12-32(36)18-24-40(38)42(34)44/h29-42H,1-28H2/t31-,32-,33?,34?,35+,36+,37-,38-,39+,40+,41-,42-,43?,44?/m0/s1. The quantitative estimate of drug-likeness (QED) is 0.168. The molecule has 14 atom stereocenters. The first-order chi connectivity index (χ1) is 22.7. The van der Waals surface area contributed by atoms with Gasteiger partial charge in [-0.15, -0.1) is 0 Å². The molecule has 0 aromatic rings. The highest BCUT2D eigenvalue weighted by molar-refractivity contribution is 5.61. The molecule has 46 heavy (non-hydrogen) atoms. The number of aldehydes is 2. The van der Waals surface area contributed by atoms with Crippen LogP contribution in [0.1, 0.15) is 180 Å². The molecule has 0 amide bonds. The molecule has 0 aromatic heterocycles. The average Bonchev–Trinajstić information content (AvgIpc) is 3.79. The maximum atomic E-state index is 13.1. The van der Waals surface area contributed by atoms with Gasteiger partial charge in [0.1, 0.15) is 12.6 Å². The van der Waals surface area contributed by atoms with Gasteiger partial charge in [0, 0.05) is 10.8 Å². The van der Waals surface area contributed by atoms with Crippen molar-refractivity contribution in [2.75, 3.05) is 0 Å². The number of carbonyl (C=O) groups is 2. The first-order valence-electron chi connectivity index (χ1n) is 21.6. The van der Waals surface area contributed by atoms with Gasteiger partial charge in [0.2, 0.25) is 0 Å². The highest BCUT2D eigenvalue weighted by atomic mass is 16.1. The Bertz CT molecular complexity index is 969. The third kappa shape index (κ3) is 5.74. The predicted molar refractivity (Wildman–Crippen MR) is 188 cm³/mol. The number of fused-ring (bicyclic) bond motifs is 10. The van der Waals surface area contributed by atoms with E-state index in [9.17, 15) is 9.59 Å². The highest BCUT2D eigenvalue weighted by Crippen LogP contribution is 2.64. The number of carbonyl (C=O) groups excluding carboxylic acids is 2. The monoisotopic (exact) mass is 631 g/mol. The Morgan fingerprint density at radius 1 is 0.370 bits per heavy atom. The van der Waals surface area contributed by atoms with Gasteiger partial charge in [0.05, 0.1) is 0 Å². The fourth-order valence-corrected chi connectivity index (χ4v) is 16.2. The SMILES string of the molecule is O=CC1(CCCCCCCCC2(C=O)CCCC3CC[C@H]4[C@@H]5CCC[C@H]5CC[C@H]4[C@H]32)CCCC2CC[C@H]3[C@@H]4CCC[C@H]4CC[C@H]3[C@H]21. The normalized spacial score (nSPS) is 49.5. The van der Waals surface area contributed by atoms with Crippen molar-refractivity contribution in [3.8, 4) is 0 Å². The molecule has 0 spiro atoms. The smallest absolute Gasteiger partial charge is 0.126 e. The van der Waals surface area contributed by atoms with Gasteiger partial charge < -0.3 is 9.59 Å². The van der Waals surface area contributed by atoms with Crippen molar-refractivity contribution in [2.45, 2.75) is 180 Å². The second-order valence-corrected chi connectivity index (χ2v) is 19.4. The summed E-state index contributed by atoms with van der Waals surface area (Å²) in [6.45, 7) is 0. The van der Waals surface area contributed by atoms with E-state index in [0.717, 1.165) is 59.2 Å². The Labute approximate surface area is 283 Å². The molecule has 258 valence electrons. The fraction of sp³-hybridized carbons (Fsp3) is 0.955. The summed E-state index contributed by atoms with van der Waals surface area (Å²) >= 11 is 0. The first kappa shape index (κ1) is 32.5. The Kier molecular flexibility index (Phi) is 9.85. The summed E-state index contributed by atoms with van der Waals surface area (Å²) < 4.78 is 0. The van der Waals surface area contributed by atoms with E-state index in [0.29, 0.717) is 11.8 Å². The molecule has 8 rings (SSSR count). The van der Waals surface area contributed by atoms with Crippen molar-refractivity contribution in [3.05, 3.63) is 0 Å². The molecule has 0 radical (unpaired) electrons. The minimum Gasteiger partial charge on any atom is -0.303 e. The molecule has 8 fully saturated rings. The minimum atomic E-state index is 0.00104. The third-order valence-electron chi connectivity index (χ3n) is 17.8. The van der Waals surface area contributed by atoms with Crippen LogP contribution in [-0.2, 0) is 9.59 Å². The van der Waals surface area contributed by atoms with E-state index < -0.39 is 0 Å². The van der Waals surface area contributed by atoms with Crippen LogP contribution >= 0.6 is 0 Å². The highest BCUT2D eigenvalue weighted by Gasteiger charge is 2.57. The van der Waals surface area contributed by atoms with E-state index >= 15 is 0 Å². The lowest BCUT2D eigenvalue weighted by molar-refractivity contribution is -0.137. The van der Waals surface area contributed by atoms with Crippen molar-refractivity contribution in [1.82, 2.24) is 0 Å². The first-order valence-corrected chi connectivity index (χ1v) is 21.6. The van der Waals surface area contributed by atoms with Crippen molar-refractivity contribution in [3.63, 3.8) is 0 Å². The van der Waals surface area contributed by atoms with Crippen LogP contribution in [0.15, 0.2) is 0 Å². The summed E-state index contributed by atoms with van der Waals surface area (Å²) in [5, 5.41) is 0. The summed E-state index contributed by atoms with van der Waals surface area (Å²) in [6, 6.07) is 0. The summed E-state index contributed by atoms with van der Waals surface area (Å²) in [4.78, 5) is 26.1. The molecule has 8 aliphatic carbocycles. The number of rotatable bonds is 11. The topological polar surface area (TPSA) is 34.1 Å². The second kappa shape index (κ2) is 13.9. The van der Waals surface area contributed by atoms with Crippen LogP contribution in [0, 0.1) is 81.8 Å². The molecule has 0 heterocycles. The fourth-order valence-electron chi connectivity index (χ4n) is 16.2. The minimum absolute atomic E-state index is 0.00104. The van der Waals surface area contributed by atoms with Crippen LogP contribution in [0.25, 0.3) is 0 Å². The molecule has 0 saturated heterocycles. The lowest BCUT2D eigenvalue weighted by Crippen LogP contribution is -2.52. The molecule has 2 heteroatoms. The zero-order valence-corrected chi connectivity index (χ0v) is 29.7. The number of unbranched alkanes of at least 4 members (excludes halogenated alkanes) is 5. The zero-order valence-electron chi connectivity index (χ0n) is 29.7. The van der Waals surface area contributed by atoms with Crippen molar-refractivity contribution < 1.29 is 9.59 Å². The summed E-state index contributed by atoms with van der Waals surface area (Å²) in [5.41, 5.74) is 0.00208. The largest absolute Gasteiger partial charge is 0.303 e. The van der Waals surface area contributed by atoms with Gasteiger partial charge in [-0.25, -0.2) is 0 Å². The zero-order chi connectivity index (χ0) is 31.1. The van der Waals surface area contributed by atoms with E-state index in [1.807, 2.05) is 0 Å². The molecule has 0 aliphatic heterocycles. The average molecular weight is 631 g/mol. The molecular weight excluding hydrogens is 560 g/mol. The molecule has 4 unspecified atom stereocenters. The van der Waals surface area contributed by atoms with Crippen LogP contribution in [0.3, 0.4) is 0 Å². The Morgan fingerprint density at radius 2 is 0.761 bits per heavy atom. The maximum Gasteiger partial charge on any atom is 0.126 e. The lowest BCUT2D eigenvalue weighted by atomic mass is 9.47. The van der Waals surface area contributed by atoms with Crippen LogP contribution < -0.4 is 0 Å². The third-order valence-corrected chi connectivity index (χ3v) is 17.8. The van der Waals surface area contributed by atoms with E-state index in [2.05, 4.69) is 0 Å². The van der Waals surface area contributed by atoms with Crippen LogP contribution in [0.4, 0.5) is 0 Å². The van der Waals surface area contributed by atoms with Gasteiger partial charge >= 0.3 is 0 Å². The molecule has 0 aromatic carbocycles. The van der Waals surface area contributed by atoms with E-state index in [1.54, 1.807) is 0 Å². The van der Waals surface area contributed by atoms with Gasteiger partial charge in [-0.3, -0.25) is 0 Å². The second-order valence-electron chi connectivity index (χ2n) is 19.4. The van der Waals surface area contributed by atoms with Crippen LogP contribution in [0.2, 0.25) is 0 Å². The number of hydrogen-bond donors (Lipinski definition) is 0. The lowest BCUT2D eigenvalue weighted by Gasteiger charge is -2.57. The van der Waals surface area contributed by atoms with Crippen molar-refractivity contribution in [2.24, 2.45) is 81.8 Å². The van der Waals surface area contributed by atoms with E-state index in [-0.39, 0.29) is 10.8 Å². The van der Waals surface area contributed by atoms with Crippen molar-refractivity contribution in [1.29, 1.82) is 0 Å². The van der Waals surface area contributed by atoms with Crippen LogP contribution in [0.5, 0.6) is 0 Å². The van der Waals surface area contributed by atoms with Gasteiger partial charge in [-0.2, -0.15) is 0 Å². The summed E-state index contributed by atoms with van der Waals surface area (Å²) in [6.07, 6.45) is 41.6. The van der Waals surface area contributed by atoms with Crippen LogP contribution in [-0.4, -0.2) is 12.6 Å². The predicted octanol–water partition coefficient (Wildman–Crippen LogP) is 11.8. The Morgan fingerprint density at radius 3 is 1.22 bits per heavy atom. The van der Waals surface area contributed by atoms with E-state index in [4.69, 9.17) is 0 Å². The van der Waals surface area contributed by atoms with E-state index in [1.165, 1.54) is 192 Å². The van der Waals surface area contributed by atoms with Gasteiger partial charge in [0.15, 0.2) is 0 Å². The van der Waals surface area contributed by atoms with Gasteiger partial charge in [-0.05, 0) is 161 Å². The van der Waals surface area contributed by atoms with Gasteiger partial charge in [-0.1, -0.05) is 89.9 Å². The molecular formula is C44H70O2. The Hall–Kier alpha value is -0.660.